The molecular weight excluding hydrogens is 340 g/mol. The molecular formula is C11H8Br2O3. The van der Waals surface area contributed by atoms with E-state index in [-0.39, 0.29) is 23.3 Å². The fourth-order valence-electron chi connectivity index (χ4n) is 1.56. The number of fused-ring (bicyclic) bond motifs is 1. The summed E-state index contributed by atoms with van der Waals surface area (Å²) in [7, 11) is 0. The van der Waals surface area contributed by atoms with Gasteiger partial charge in [0.2, 0.25) is 0 Å². The predicted octanol–water partition coefficient (Wildman–Crippen LogP) is 2.75. The summed E-state index contributed by atoms with van der Waals surface area (Å²) >= 11 is 6.37. The van der Waals surface area contributed by atoms with Crippen LogP contribution in [0.4, 0.5) is 0 Å². The minimum atomic E-state index is -0.652. The zero-order chi connectivity index (χ0) is 11.7. The molecule has 0 N–H and O–H groups in total. The molecule has 1 unspecified atom stereocenters. The van der Waals surface area contributed by atoms with Crippen molar-refractivity contribution in [3.05, 3.63) is 28.2 Å². The van der Waals surface area contributed by atoms with Crippen molar-refractivity contribution in [2.75, 3.05) is 5.33 Å². The van der Waals surface area contributed by atoms with E-state index in [1.54, 1.807) is 18.2 Å². The van der Waals surface area contributed by atoms with Gasteiger partial charge in [-0.25, -0.2) is 0 Å². The highest BCUT2D eigenvalue weighted by Crippen LogP contribution is 2.30. The largest absolute Gasteiger partial charge is 0.481 e. The monoisotopic (exact) mass is 346 g/mol. The third-order valence-electron chi connectivity index (χ3n) is 2.37. The summed E-state index contributed by atoms with van der Waals surface area (Å²) < 4.78 is 6.32. The van der Waals surface area contributed by atoms with Crippen LogP contribution in [0.3, 0.4) is 0 Å². The van der Waals surface area contributed by atoms with Gasteiger partial charge in [-0.3, -0.25) is 9.59 Å². The summed E-state index contributed by atoms with van der Waals surface area (Å²) in [6.45, 7) is 0. The number of hydrogen-bond donors (Lipinski definition) is 0. The molecule has 1 heterocycles. The maximum Gasteiger partial charge on any atom is 0.184 e. The van der Waals surface area contributed by atoms with Gasteiger partial charge >= 0.3 is 0 Å². The SMILES string of the molecule is O=C1CC(C(=O)CBr)Oc2ccc(Br)cc21. The smallest absolute Gasteiger partial charge is 0.184 e. The van der Waals surface area contributed by atoms with Gasteiger partial charge in [-0.1, -0.05) is 31.9 Å². The Bertz CT molecular complexity index is 457. The normalized spacial score (nSPS) is 18.9. The van der Waals surface area contributed by atoms with E-state index in [2.05, 4.69) is 31.9 Å². The fourth-order valence-corrected chi connectivity index (χ4v) is 2.28. The van der Waals surface area contributed by atoms with Crippen molar-refractivity contribution in [1.82, 2.24) is 0 Å². The summed E-state index contributed by atoms with van der Waals surface area (Å²) in [5.41, 5.74) is 0.535. The molecule has 84 valence electrons. The Kier molecular flexibility index (Phi) is 3.44. The van der Waals surface area contributed by atoms with E-state index < -0.39 is 6.10 Å². The summed E-state index contributed by atoms with van der Waals surface area (Å²) in [6.07, 6.45) is -0.533. The van der Waals surface area contributed by atoms with Crippen molar-refractivity contribution in [2.24, 2.45) is 0 Å². The molecule has 0 radical (unpaired) electrons. The predicted molar refractivity (Wildman–Crippen MR) is 66.3 cm³/mol. The van der Waals surface area contributed by atoms with Gasteiger partial charge < -0.3 is 4.74 Å². The van der Waals surface area contributed by atoms with Crippen molar-refractivity contribution in [3.63, 3.8) is 0 Å². The van der Waals surface area contributed by atoms with Gasteiger partial charge in [-0.2, -0.15) is 0 Å². The quantitative estimate of drug-likeness (QED) is 0.772. The third kappa shape index (κ3) is 2.20. The van der Waals surface area contributed by atoms with Gasteiger partial charge in [0.05, 0.1) is 17.3 Å². The molecule has 1 aliphatic rings. The lowest BCUT2D eigenvalue weighted by molar-refractivity contribution is -0.123. The van der Waals surface area contributed by atoms with E-state index in [9.17, 15) is 9.59 Å². The summed E-state index contributed by atoms with van der Waals surface area (Å²) in [5, 5.41) is 0.205. The lowest BCUT2D eigenvalue weighted by atomic mass is 9.99. The molecule has 0 fully saturated rings. The number of alkyl halides is 1. The summed E-state index contributed by atoms with van der Waals surface area (Å²) in [5.74, 6) is 0.322. The van der Waals surface area contributed by atoms with Crippen LogP contribution in [0, 0.1) is 0 Å². The van der Waals surface area contributed by atoms with Crippen LogP contribution in [0.15, 0.2) is 22.7 Å². The summed E-state index contributed by atoms with van der Waals surface area (Å²) in [4.78, 5) is 23.3. The van der Waals surface area contributed by atoms with Crippen LogP contribution < -0.4 is 4.74 Å². The van der Waals surface area contributed by atoms with E-state index in [4.69, 9.17) is 4.74 Å². The van der Waals surface area contributed by atoms with Crippen LogP contribution in [-0.2, 0) is 4.79 Å². The zero-order valence-electron chi connectivity index (χ0n) is 8.20. The molecule has 1 aliphatic heterocycles. The number of ketones is 2. The first kappa shape index (κ1) is 11.8. The number of Topliss-reactive ketones (excluding diaryl/α,β-unsaturated/α-hetero) is 2. The fraction of sp³-hybridized carbons (Fsp3) is 0.273. The Labute approximate surface area is 109 Å². The Morgan fingerprint density at radius 3 is 2.94 bits per heavy atom. The number of carbonyl (C=O) groups is 2. The van der Waals surface area contributed by atoms with Gasteiger partial charge in [-0.15, -0.1) is 0 Å². The second-order valence-corrected chi connectivity index (χ2v) is 4.95. The maximum absolute atomic E-state index is 11.8. The van der Waals surface area contributed by atoms with Gasteiger partial charge in [0.15, 0.2) is 17.7 Å². The molecule has 0 aliphatic carbocycles. The lowest BCUT2D eigenvalue weighted by Crippen LogP contribution is -2.34. The minimum Gasteiger partial charge on any atom is -0.481 e. The van der Waals surface area contributed by atoms with Crippen LogP contribution >= 0.6 is 31.9 Å². The van der Waals surface area contributed by atoms with E-state index in [1.165, 1.54) is 0 Å². The van der Waals surface area contributed by atoms with Gasteiger partial charge in [-0.05, 0) is 18.2 Å². The van der Waals surface area contributed by atoms with E-state index >= 15 is 0 Å². The molecule has 0 amide bonds. The van der Waals surface area contributed by atoms with Crippen LogP contribution in [0.25, 0.3) is 0 Å². The van der Waals surface area contributed by atoms with Crippen molar-refractivity contribution >= 4 is 43.4 Å². The van der Waals surface area contributed by atoms with Crippen molar-refractivity contribution in [3.8, 4) is 5.75 Å². The molecule has 1 aromatic rings. The van der Waals surface area contributed by atoms with Crippen molar-refractivity contribution < 1.29 is 14.3 Å². The van der Waals surface area contributed by atoms with Crippen LogP contribution in [-0.4, -0.2) is 23.0 Å². The highest BCUT2D eigenvalue weighted by molar-refractivity contribution is 9.10. The molecule has 5 heteroatoms. The molecule has 3 nitrogen and oxygen atoms in total. The first-order chi connectivity index (χ1) is 7.61. The summed E-state index contributed by atoms with van der Waals surface area (Å²) in [6, 6.07) is 5.20. The lowest BCUT2D eigenvalue weighted by Gasteiger charge is -2.23. The molecule has 1 atom stereocenters. The molecule has 1 aromatic carbocycles. The number of carbonyl (C=O) groups excluding carboxylic acids is 2. The molecule has 0 aromatic heterocycles. The first-order valence-electron chi connectivity index (χ1n) is 4.70. The Morgan fingerprint density at radius 2 is 2.25 bits per heavy atom. The number of rotatable bonds is 2. The van der Waals surface area contributed by atoms with Crippen LogP contribution in [0.5, 0.6) is 5.75 Å². The number of halogens is 2. The highest BCUT2D eigenvalue weighted by Gasteiger charge is 2.30. The van der Waals surface area contributed by atoms with Crippen molar-refractivity contribution in [1.29, 1.82) is 0 Å². The van der Waals surface area contributed by atoms with Gasteiger partial charge in [0.1, 0.15) is 5.75 Å². The van der Waals surface area contributed by atoms with Crippen LogP contribution in [0.2, 0.25) is 0 Å². The third-order valence-corrected chi connectivity index (χ3v) is 3.42. The molecule has 0 bridgehead atoms. The topological polar surface area (TPSA) is 43.4 Å². The number of hydrogen-bond acceptors (Lipinski definition) is 3. The molecule has 0 spiro atoms. The Hall–Kier alpha value is -0.680. The number of benzene rings is 1. The van der Waals surface area contributed by atoms with Crippen molar-refractivity contribution in [2.45, 2.75) is 12.5 Å². The highest BCUT2D eigenvalue weighted by atomic mass is 79.9. The second kappa shape index (κ2) is 4.67. The average Bonchev–Trinajstić information content (AvgIpc) is 2.28. The molecule has 2 rings (SSSR count). The van der Waals surface area contributed by atoms with Gasteiger partial charge in [0, 0.05) is 4.47 Å². The van der Waals surface area contributed by atoms with E-state index in [1.807, 2.05) is 0 Å². The Morgan fingerprint density at radius 1 is 1.50 bits per heavy atom. The van der Waals surface area contributed by atoms with Gasteiger partial charge in [0.25, 0.3) is 0 Å². The second-order valence-electron chi connectivity index (χ2n) is 3.47. The average molecular weight is 348 g/mol. The maximum atomic E-state index is 11.8. The van der Waals surface area contributed by atoms with Crippen LogP contribution in [0.1, 0.15) is 16.8 Å². The van der Waals surface area contributed by atoms with E-state index in [0.29, 0.717) is 11.3 Å². The minimum absolute atomic E-state index is 0.0538. The molecule has 0 saturated heterocycles. The van der Waals surface area contributed by atoms with E-state index in [0.717, 1.165) is 4.47 Å². The standard InChI is InChI=1S/C11H8Br2O3/c12-5-9(15)11-4-8(14)7-3-6(13)1-2-10(7)16-11/h1-3,11H,4-5H2. The first-order valence-corrected chi connectivity index (χ1v) is 6.61. The Balaban J connectivity index is 2.33. The molecule has 0 saturated carbocycles. The number of ether oxygens (including phenoxy) is 1. The molecule has 16 heavy (non-hydrogen) atoms. The zero-order valence-corrected chi connectivity index (χ0v) is 11.4.